The second kappa shape index (κ2) is 9.00. The molecule has 1 aromatic carbocycles. The fraction of sp³-hybridized carbons (Fsp3) is 0.650. The molecule has 0 saturated heterocycles. The van der Waals surface area contributed by atoms with Gasteiger partial charge in [-0.15, -0.1) is 0 Å². The lowest BCUT2D eigenvalue weighted by atomic mass is 9.87. The maximum absolute atomic E-state index is 11.3. The van der Waals surface area contributed by atoms with Crippen molar-refractivity contribution < 1.29 is 22.9 Å². The van der Waals surface area contributed by atoms with Crippen LogP contribution in [0.5, 0.6) is 0 Å². The third-order valence-corrected chi connectivity index (χ3v) is 6.27. The Bertz CT molecular complexity index is 720. The largest absolute Gasteiger partial charge is 0.481 e. The lowest BCUT2D eigenvalue weighted by Gasteiger charge is -2.19. The molecular formula is C20H30O5S. The topological polar surface area (TPSA) is 91.7 Å². The first kappa shape index (κ1) is 20.9. The van der Waals surface area contributed by atoms with Crippen molar-refractivity contribution in [3.05, 3.63) is 34.9 Å². The summed E-state index contributed by atoms with van der Waals surface area (Å²) < 4.78 is 30.9. The lowest BCUT2D eigenvalue weighted by molar-refractivity contribution is -0.138. The first-order chi connectivity index (χ1) is 12.2. The molecule has 0 aliphatic heterocycles. The van der Waals surface area contributed by atoms with Crippen LogP contribution in [-0.2, 0) is 27.8 Å². The summed E-state index contributed by atoms with van der Waals surface area (Å²) in [6.45, 7) is 3.65. The summed E-state index contributed by atoms with van der Waals surface area (Å²) in [6, 6.07) is 5.94. The molecule has 5 nitrogen and oxygen atoms in total. The molecule has 1 aromatic rings. The van der Waals surface area contributed by atoms with Crippen molar-refractivity contribution in [2.45, 2.75) is 64.7 Å². The average molecular weight is 383 g/mol. The molecular weight excluding hydrogens is 352 g/mol. The minimum atomic E-state index is -3.95. The molecule has 1 saturated carbocycles. The molecule has 146 valence electrons. The zero-order valence-electron chi connectivity index (χ0n) is 15.6. The summed E-state index contributed by atoms with van der Waals surface area (Å²) >= 11 is 0. The number of benzene rings is 1. The van der Waals surface area contributed by atoms with Crippen molar-refractivity contribution in [3.8, 4) is 0 Å². The van der Waals surface area contributed by atoms with Crippen molar-refractivity contribution in [3.63, 3.8) is 0 Å². The summed E-state index contributed by atoms with van der Waals surface area (Å²) in [4.78, 5) is 11.3. The number of carbonyl (C=O) groups is 1. The standard InChI is InChI=1S/C20H30O5S/c1-14(9-10-26(23,24)25)11-19-13-17(15(2)20(21)22)7-8-18(19)12-16-5-3-4-6-16/h7-8,13-16H,3-6,9-12H2,1-2H3,(H,21,22)(H,23,24,25)/t14?,15-/m0/s1. The number of carboxylic acid groups (broad SMARTS) is 1. The second-order valence-corrected chi connectivity index (χ2v) is 9.40. The van der Waals surface area contributed by atoms with E-state index >= 15 is 0 Å². The molecule has 2 rings (SSSR count). The average Bonchev–Trinajstić information content (AvgIpc) is 3.06. The van der Waals surface area contributed by atoms with Gasteiger partial charge in [-0.3, -0.25) is 9.35 Å². The van der Waals surface area contributed by atoms with Crippen molar-refractivity contribution >= 4 is 16.1 Å². The normalized spacial score (nSPS) is 18.0. The van der Waals surface area contributed by atoms with Gasteiger partial charge in [0.2, 0.25) is 0 Å². The van der Waals surface area contributed by atoms with Crippen LogP contribution in [0.4, 0.5) is 0 Å². The molecule has 1 fully saturated rings. The molecule has 0 radical (unpaired) electrons. The van der Waals surface area contributed by atoms with Crippen LogP contribution in [0, 0.1) is 11.8 Å². The fourth-order valence-electron chi connectivity index (χ4n) is 3.80. The number of aliphatic carboxylic acids is 1. The molecule has 0 spiro atoms. The highest BCUT2D eigenvalue weighted by molar-refractivity contribution is 7.85. The maximum atomic E-state index is 11.3. The third kappa shape index (κ3) is 6.40. The molecule has 2 N–H and O–H groups in total. The zero-order chi connectivity index (χ0) is 19.3. The van der Waals surface area contributed by atoms with Crippen LogP contribution >= 0.6 is 0 Å². The predicted octanol–water partition coefficient (Wildman–Crippen LogP) is 4.06. The van der Waals surface area contributed by atoms with E-state index in [2.05, 4.69) is 6.07 Å². The van der Waals surface area contributed by atoms with E-state index in [1.54, 1.807) is 6.92 Å². The predicted molar refractivity (Wildman–Crippen MR) is 102 cm³/mol. The van der Waals surface area contributed by atoms with Gasteiger partial charge in [0.1, 0.15) is 0 Å². The van der Waals surface area contributed by atoms with E-state index in [0.717, 1.165) is 17.5 Å². The van der Waals surface area contributed by atoms with Crippen LogP contribution in [0.3, 0.4) is 0 Å². The van der Waals surface area contributed by atoms with E-state index in [1.807, 2.05) is 19.1 Å². The number of hydrogen-bond acceptors (Lipinski definition) is 3. The Kier molecular flexibility index (Phi) is 7.24. The Balaban J connectivity index is 2.19. The molecule has 26 heavy (non-hydrogen) atoms. The second-order valence-electron chi connectivity index (χ2n) is 7.83. The Morgan fingerprint density at radius 1 is 1.19 bits per heavy atom. The number of hydrogen-bond donors (Lipinski definition) is 2. The van der Waals surface area contributed by atoms with Gasteiger partial charge in [-0.05, 0) is 54.7 Å². The summed E-state index contributed by atoms with van der Waals surface area (Å²) in [5.74, 6) is -0.877. The SMILES string of the molecule is CC(CCS(=O)(=O)O)Cc1cc([C@H](C)C(=O)O)ccc1CC1CCCC1. The Morgan fingerprint density at radius 2 is 1.85 bits per heavy atom. The van der Waals surface area contributed by atoms with Gasteiger partial charge in [-0.1, -0.05) is 50.8 Å². The van der Waals surface area contributed by atoms with Crippen molar-refractivity contribution in [1.29, 1.82) is 0 Å². The van der Waals surface area contributed by atoms with E-state index < -0.39 is 22.0 Å². The smallest absolute Gasteiger partial charge is 0.310 e. The lowest BCUT2D eigenvalue weighted by Crippen LogP contribution is -2.13. The first-order valence-corrected chi connectivity index (χ1v) is 11.1. The molecule has 0 heterocycles. The summed E-state index contributed by atoms with van der Waals surface area (Å²) in [5, 5.41) is 9.29. The van der Waals surface area contributed by atoms with Gasteiger partial charge in [0.15, 0.2) is 0 Å². The fourth-order valence-corrected chi connectivity index (χ4v) is 4.50. The highest BCUT2D eigenvalue weighted by Crippen LogP contribution is 2.31. The van der Waals surface area contributed by atoms with Crippen LogP contribution in [0.25, 0.3) is 0 Å². The van der Waals surface area contributed by atoms with E-state index in [0.29, 0.717) is 18.8 Å². The highest BCUT2D eigenvalue weighted by atomic mass is 32.2. The van der Waals surface area contributed by atoms with Crippen molar-refractivity contribution in [2.75, 3.05) is 5.75 Å². The number of rotatable bonds is 9. The molecule has 0 bridgehead atoms. The van der Waals surface area contributed by atoms with Gasteiger partial charge in [0, 0.05) is 0 Å². The van der Waals surface area contributed by atoms with Crippen LogP contribution in [0.15, 0.2) is 18.2 Å². The maximum Gasteiger partial charge on any atom is 0.310 e. The molecule has 1 aliphatic rings. The molecule has 1 aliphatic carbocycles. The minimum Gasteiger partial charge on any atom is -0.481 e. The van der Waals surface area contributed by atoms with Crippen LogP contribution in [0.2, 0.25) is 0 Å². The van der Waals surface area contributed by atoms with Crippen LogP contribution in [0.1, 0.15) is 68.6 Å². The third-order valence-electron chi connectivity index (χ3n) is 5.52. The first-order valence-electron chi connectivity index (χ1n) is 9.45. The van der Waals surface area contributed by atoms with Gasteiger partial charge in [-0.25, -0.2) is 0 Å². The summed E-state index contributed by atoms with van der Waals surface area (Å²) in [5.41, 5.74) is 3.15. The highest BCUT2D eigenvalue weighted by Gasteiger charge is 2.20. The van der Waals surface area contributed by atoms with Gasteiger partial charge in [-0.2, -0.15) is 8.42 Å². The Hall–Kier alpha value is -1.40. The quantitative estimate of drug-likeness (QED) is 0.628. The van der Waals surface area contributed by atoms with Gasteiger partial charge >= 0.3 is 5.97 Å². The van der Waals surface area contributed by atoms with Crippen molar-refractivity contribution in [1.82, 2.24) is 0 Å². The van der Waals surface area contributed by atoms with E-state index in [9.17, 15) is 18.3 Å². The van der Waals surface area contributed by atoms with Gasteiger partial charge in [0.05, 0.1) is 11.7 Å². The molecule has 0 aromatic heterocycles. The van der Waals surface area contributed by atoms with Gasteiger partial charge < -0.3 is 5.11 Å². The van der Waals surface area contributed by atoms with Gasteiger partial charge in [0.25, 0.3) is 10.1 Å². The zero-order valence-corrected chi connectivity index (χ0v) is 16.5. The number of carboxylic acids is 1. The van der Waals surface area contributed by atoms with Crippen LogP contribution in [-0.4, -0.2) is 29.8 Å². The molecule has 1 unspecified atom stereocenters. The summed E-state index contributed by atoms with van der Waals surface area (Å²) in [7, 11) is -3.95. The molecule has 2 atom stereocenters. The monoisotopic (exact) mass is 382 g/mol. The summed E-state index contributed by atoms with van der Waals surface area (Å²) in [6.07, 6.45) is 7.12. The van der Waals surface area contributed by atoms with Crippen LogP contribution < -0.4 is 0 Å². The Labute approximate surface area is 156 Å². The van der Waals surface area contributed by atoms with Crippen molar-refractivity contribution in [2.24, 2.45) is 11.8 Å². The van der Waals surface area contributed by atoms with E-state index in [4.69, 9.17) is 4.55 Å². The Morgan fingerprint density at radius 3 is 2.42 bits per heavy atom. The molecule has 0 amide bonds. The molecule has 6 heteroatoms. The van der Waals surface area contributed by atoms with E-state index in [-0.39, 0.29) is 11.7 Å². The minimum absolute atomic E-state index is 0.0923. The van der Waals surface area contributed by atoms with E-state index in [1.165, 1.54) is 31.2 Å².